The molecule has 1 atom stereocenters. The summed E-state index contributed by atoms with van der Waals surface area (Å²) in [5.74, 6) is 0. The summed E-state index contributed by atoms with van der Waals surface area (Å²) in [6, 6.07) is 2.14. The molecular weight excluding hydrogens is 164 g/mol. The molecule has 3 nitrogen and oxygen atoms in total. The highest BCUT2D eigenvalue weighted by atomic mass is 16.5. The van der Waals surface area contributed by atoms with Crippen LogP contribution in [-0.4, -0.2) is 25.8 Å². The van der Waals surface area contributed by atoms with Gasteiger partial charge in [0.25, 0.3) is 0 Å². The van der Waals surface area contributed by atoms with Gasteiger partial charge in [-0.3, -0.25) is 0 Å². The smallest absolute Gasteiger partial charge is 0.0671 e. The van der Waals surface area contributed by atoms with Gasteiger partial charge < -0.3 is 10.1 Å². The van der Waals surface area contributed by atoms with Crippen LogP contribution in [0.25, 0.3) is 0 Å². The Morgan fingerprint density at radius 2 is 2.23 bits per heavy atom. The first-order valence-corrected chi connectivity index (χ1v) is 5.00. The van der Waals surface area contributed by atoms with Gasteiger partial charge in [0, 0.05) is 19.6 Å². The minimum Gasteiger partial charge on any atom is -0.377 e. The molecule has 0 aromatic rings. The van der Waals surface area contributed by atoms with Crippen LogP contribution in [0.2, 0.25) is 0 Å². The lowest BCUT2D eigenvalue weighted by molar-refractivity contribution is 0.0762. The zero-order valence-electron chi connectivity index (χ0n) is 8.68. The Morgan fingerprint density at radius 1 is 1.46 bits per heavy atom. The lowest BCUT2D eigenvalue weighted by Gasteiger charge is -2.11. The maximum atomic E-state index is 8.29. The Labute approximate surface area is 81.1 Å². The second-order valence-electron chi connectivity index (χ2n) is 3.09. The third kappa shape index (κ3) is 9.32. The number of nitriles is 1. The Morgan fingerprint density at radius 3 is 2.85 bits per heavy atom. The number of unbranched alkanes of at least 4 members (excludes halogenated alkanes) is 2. The number of hydrogen-bond acceptors (Lipinski definition) is 3. The van der Waals surface area contributed by atoms with Crippen LogP contribution in [0.5, 0.6) is 0 Å². The molecule has 76 valence electrons. The number of ether oxygens (including phenoxy) is 1. The van der Waals surface area contributed by atoms with Crippen molar-refractivity contribution in [2.75, 3.05) is 19.7 Å². The monoisotopic (exact) mass is 184 g/mol. The van der Waals surface area contributed by atoms with Gasteiger partial charge in [0.15, 0.2) is 0 Å². The summed E-state index contributed by atoms with van der Waals surface area (Å²) in [7, 11) is 0. The molecule has 0 fully saturated rings. The summed E-state index contributed by atoms with van der Waals surface area (Å²) in [5.41, 5.74) is 0. The minimum atomic E-state index is 0.293. The first-order valence-electron chi connectivity index (χ1n) is 5.00. The lowest BCUT2D eigenvalue weighted by atomic mass is 10.2. The van der Waals surface area contributed by atoms with Crippen molar-refractivity contribution in [3.8, 4) is 6.07 Å². The Bertz CT molecular complexity index is 142. The van der Waals surface area contributed by atoms with Gasteiger partial charge in [-0.15, -0.1) is 0 Å². The molecule has 0 amide bonds. The van der Waals surface area contributed by atoms with E-state index in [1.807, 2.05) is 6.92 Å². The van der Waals surface area contributed by atoms with Gasteiger partial charge in [-0.25, -0.2) is 0 Å². The van der Waals surface area contributed by atoms with Gasteiger partial charge in [-0.05, 0) is 33.2 Å². The molecule has 0 spiro atoms. The molecule has 0 aliphatic rings. The van der Waals surface area contributed by atoms with Gasteiger partial charge in [0.05, 0.1) is 12.2 Å². The fourth-order valence-electron chi connectivity index (χ4n) is 1.10. The van der Waals surface area contributed by atoms with E-state index < -0.39 is 0 Å². The normalized spacial score (nSPS) is 12.4. The minimum absolute atomic E-state index is 0.293. The van der Waals surface area contributed by atoms with E-state index in [1.54, 1.807) is 0 Å². The molecule has 1 unspecified atom stereocenters. The largest absolute Gasteiger partial charge is 0.377 e. The van der Waals surface area contributed by atoms with E-state index in [0.717, 1.165) is 32.5 Å². The summed E-state index contributed by atoms with van der Waals surface area (Å²) in [6.45, 7) is 6.73. The summed E-state index contributed by atoms with van der Waals surface area (Å²) in [4.78, 5) is 0. The van der Waals surface area contributed by atoms with Crippen molar-refractivity contribution in [1.29, 1.82) is 5.26 Å². The van der Waals surface area contributed by atoms with Gasteiger partial charge >= 0.3 is 0 Å². The van der Waals surface area contributed by atoms with Crippen LogP contribution in [0.1, 0.15) is 33.1 Å². The molecule has 0 aliphatic carbocycles. The van der Waals surface area contributed by atoms with Gasteiger partial charge in [0.1, 0.15) is 0 Å². The number of rotatable bonds is 8. The molecule has 3 heteroatoms. The van der Waals surface area contributed by atoms with Gasteiger partial charge in [-0.1, -0.05) is 0 Å². The van der Waals surface area contributed by atoms with E-state index in [9.17, 15) is 0 Å². The van der Waals surface area contributed by atoms with Crippen LogP contribution in [0.15, 0.2) is 0 Å². The maximum Gasteiger partial charge on any atom is 0.0671 e. The van der Waals surface area contributed by atoms with Gasteiger partial charge in [0.2, 0.25) is 0 Å². The van der Waals surface area contributed by atoms with E-state index >= 15 is 0 Å². The first-order chi connectivity index (χ1) is 6.31. The van der Waals surface area contributed by atoms with Crippen LogP contribution < -0.4 is 5.32 Å². The second-order valence-corrected chi connectivity index (χ2v) is 3.09. The molecule has 0 aromatic carbocycles. The van der Waals surface area contributed by atoms with Crippen molar-refractivity contribution in [2.45, 2.75) is 39.2 Å². The fourth-order valence-corrected chi connectivity index (χ4v) is 1.10. The third-order valence-electron chi connectivity index (χ3n) is 1.78. The highest BCUT2D eigenvalue weighted by Gasteiger charge is 1.98. The van der Waals surface area contributed by atoms with Gasteiger partial charge in [-0.2, -0.15) is 5.26 Å². The average molecular weight is 184 g/mol. The molecule has 0 aliphatic heterocycles. The predicted octanol–water partition coefficient (Wildman–Crippen LogP) is 1.69. The van der Waals surface area contributed by atoms with E-state index in [2.05, 4.69) is 18.3 Å². The van der Waals surface area contributed by atoms with E-state index in [-0.39, 0.29) is 0 Å². The molecule has 0 saturated heterocycles. The molecule has 0 aromatic heterocycles. The Hall–Kier alpha value is -0.590. The second kappa shape index (κ2) is 9.50. The molecule has 0 heterocycles. The SMILES string of the molecule is CCOC(C)CNCCCCC#N. The summed E-state index contributed by atoms with van der Waals surface area (Å²) in [6.07, 6.45) is 3.03. The number of hydrogen-bond donors (Lipinski definition) is 1. The molecule has 13 heavy (non-hydrogen) atoms. The fraction of sp³-hybridized carbons (Fsp3) is 0.900. The highest BCUT2D eigenvalue weighted by Crippen LogP contribution is 1.92. The zero-order chi connectivity index (χ0) is 9.94. The van der Waals surface area contributed by atoms with E-state index in [4.69, 9.17) is 10.00 Å². The van der Waals surface area contributed by atoms with Crippen LogP contribution >= 0.6 is 0 Å². The highest BCUT2D eigenvalue weighted by molar-refractivity contribution is 4.68. The quantitative estimate of drug-likeness (QED) is 0.584. The van der Waals surface area contributed by atoms with Crippen molar-refractivity contribution < 1.29 is 4.74 Å². The topological polar surface area (TPSA) is 45.0 Å². The van der Waals surface area contributed by atoms with Crippen LogP contribution in [0.3, 0.4) is 0 Å². The van der Waals surface area contributed by atoms with Crippen molar-refractivity contribution in [2.24, 2.45) is 0 Å². The predicted molar refractivity (Wildman–Crippen MR) is 53.4 cm³/mol. The standard InChI is InChI=1S/C10H20N2O/c1-3-13-10(2)9-12-8-6-4-5-7-11/h10,12H,3-6,8-9H2,1-2H3. The summed E-state index contributed by atoms with van der Waals surface area (Å²) < 4.78 is 5.35. The van der Waals surface area contributed by atoms with Crippen molar-refractivity contribution >= 4 is 0 Å². The number of nitrogens with zero attached hydrogens (tertiary/aromatic N) is 1. The molecule has 0 bridgehead atoms. The van der Waals surface area contributed by atoms with Crippen LogP contribution in [-0.2, 0) is 4.74 Å². The van der Waals surface area contributed by atoms with Crippen molar-refractivity contribution in [3.05, 3.63) is 0 Å². The molecule has 0 radical (unpaired) electrons. The molecule has 0 rings (SSSR count). The molecule has 0 saturated carbocycles. The maximum absolute atomic E-state index is 8.29. The average Bonchev–Trinajstić information content (AvgIpc) is 2.11. The first kappa shape index (κ1) is 12.4. The van der Waals surface area contributed by atoms with Crippen molar-refractivity contribution in [1.82, 2.24) is 5.32 Å². The zero-order valence-corrected chi connectivity index (χ0v) is 8.68. The lowest BCUT2D eigenvalue weighted by Crippen LogP contribution is -2.27. The van der Waals surface area contributed by atoms with E-state index in [0.29, 0.717) is 12.5 Å². The van der Waals surface area contributed by atoms with Crippen LogP contribution in [0, 0.1) is 11.3 Å². The summed E-state index contributed by atoms with van der Waals surface area (Å²) >= 11 is 0. The Kier molecular flexibility index (Phi) is 9.07. The molecular formula is C10H20N2O. The summed E-state index contributed by atoms with van der Waals surface area (Å²) in [5, 5.41) is 11.6. The third-order valence-corrected chi connectivity index (χ3v) is 1.78. The van der Waals surface area contributed by atoms with Crippen molar-refractivity contribution in [3.63, 3.8) is 0 Å². The number of nitrogens with one attached hydrogen (secondary N) is 1. The molecule has 1 N–H and O–H groups in total. The van der Waals surface area contributed by atoms with Crippen LogP contribution in [0.4, 0.5) is 0 Å². The van der Waals surface area contributed by atoms with E-state index in [1.165, 1.54) is 0 Å². The Balaban J connectivity index is 3.03.